The number of rotatable bonds is 0. The zero-order valence-electron chi connectivity index (χ0n) is 6.07. The molecule has 0 N–H and O–H groups in total. The van der Waals surface area contributed by atoms with Gasteiger partial charge < -0.3 is 9.62 Å². The van der Waals surface area contributed by atoms with Gasteiger partial charge in [0.1, 0.15) is 5.58 Å². The minimum absolute atomic E-state index is 0.677. The first kappa shape index (κ1) is 6.22. The second-order valence-electron chi connectivity index (χ2n) is 2.43. The van der Waals surface area contributed by atoms with Crippen LogP contribution in [0.5, 0.6) is 0 Å². The molecule has 2 aromatic rings. The minimum atomic E-state index is 0.677. The van der Waals surface area contributed by atoms with Gasteiger partial charge in [0, 0.05) is 13.0 Å². The van der Waals surface area contributed by atoms with Crippen molar-refractivity contribution in [2.75, 3.05) is 0 Å². The largest absolute Gasteiger partial charge is 0.618 e. The molecule has 0 saturated carbocycles. The maximum atomic E-state index is 11.0. The van der Waals surface area contributed by atoms with Crippen LogP contribution in [0.25, 0.3) is 11.0 Å². The van der Waals surface area contributed by atoms with Gasteiger partial charge in [-0.1, -0.05) is 0 Å². The van der Waals surface area contributed by atoms with Crippen molar-refractivity contribution in [2.24, 2.45) is 0 Å². The average Bonchev–Trinajstić information content (AvgIpc) is 2.45. The van der Waals surface area contributed by atoms with Crippen molar-refractivity contribution in [2.45, 2.75) is 6.92 Å². The number of hydrogen-bond donors (Lipinski definition) is 0. The summed E-state index contributed by atoms with van der Waals surface area (Å²) < 4.78 is 5.93. The molecule has 0 fully saturated rings. The molecule has 0 unspecified atom stereocenters. The monoisotopic (exact) mass is 149 g/mol. The van der Waals surface area contributed by atoms with Gasteiger partial charge in [0.15, 0.2) is 6.20 Å². The fourth-order valence-corrected chi connectivity index (χ4v) is 1.11. The number of hydrogen-bond acceptors (Lipinski definition) is 2. The SMILES string of the molecule is Cc1c2ccoc2cc[n+]1[O-]. The molecule has 56 valence electrons. The summed E-state index contributed by atoms with van der Waals surface area (Å²) in [7, 11) is 0. The highest BCUT2D eigenvalue weighted by Gasteiger charge is 2.06. The summed E-state index contributed by atoms with van der Waals surface area (Å²) in [6, 6.07) is 3.45. The molecule has 0 aliphatic heterocycles. The van der Waals surface area contributed by atoms with Crippen LogP contribution in [0.1, 0.15) is 5.69 Å². The second-order valence-corrected chi connectivity index (χ2v) is 2.43. The number of aromatic nitrogens is 1. The molecule has 0 amide bonds. The van der Waals surface area contributed by atoms with E-state index >= 15 is 0 Å². The summed E-state index contributed by atoms with van der Waals surface area (Å²) >= 11 is 0. The van der Waals surface area contributed by atoms with Crippen LogP contribution in [-0.4, -0.2) is 0 Å². The molecule has 11 heavy (non-hydrogen) atoms. The Morgan fingerprint density at radius 3 is 3.09 bits per heavy atom. The Kier molecular flexibility index (Phi) is 1.12. The Hall–Kier alpha value is -1.51. The van der Waals surface area contributed by atoms with Gasteiger partial charge >= 0.3 is 0 Å². The van der Waals surface area contributed by atoms with Crippen molar-refractivity contribution in [3.05, 3.63) is 35.5 Å². The quantitative estimate of drug-likeness (QED) is 0.419. The lowest BCUT2D eigenvalue weighted by Gasteiger charge is -1.98. The van der Waals surface area contributed by atoms with E-state index in [-0.39, 0.29) is 0 Å². The van der Waals surface area contributed by atoms with Gasteiger partial charge in [-0.05, 0) is 6.07 Å². The topological polar surface area (TPSA) is 40.1 Å². The highest BCUT2D eigenvalue weighted by Crippen LogP contribution is 2.15. The van der Waals surface area contributed by atoms with Crippen molar-refractivity contribution in [1.29, 1.82) is 0 Å². The summed E-state index contributed by atoms with van der Waals surface area (Å²) in [5, 5.41) is 11.9. The Labute approximate surface area is 63.5 Å². The standard InChI is InChI=1S/C8H7NO2/c1-6-7-3-5-11-8(7)2-4-9(6)10/h2-5H,1H3. The van der Waals surface area contributed by atoms with Crippen LogP contribution < -0.4 is 4.73 Å². The van der Waals surface area contributed by atoms with Gasteiger partial charge in [0.05, 0.1) is 11.6 Å². The fourth-order valence-electron chi connectivity index (χ4n) is 1.11. The molecule has 0 spiro atoms. The van der Waals surface area contributed by atoms with Gasteiger partial charge in [-0.2, -0.15) is 4.73 Å². The lowest BCUT2D eigenvalue weighted by molar-refractivity contribution is -0.610. The maximum absolute atomic E-state index is 11.0. The molecule has 3 heteroatoms. The maximum Gasteiger partial charge on any atom is 0.200 e. The molecule has 3 nitrogen and oxygen atoms in total. The van der Waals surface area contributed by atoms with E-state index in [0.717, 1.165) is 15.7 Å². The third-order valence-corrected chi connectivity index (χ3v) is 1.78. The van der Waals surface area contributed by atoms with Crippen LogP contribution in [0, 0.1) is 12.1 Å². The van der Waals surface area contributed by atoms with E-state index in [2.05, 4.69) is 0 Å². The van der Waals surface area contributed by atoms with E-state index in [0.29, 0.717) is 5.69 Å². The zero-order valence-corrected chi connectivity index (χ0v) is 6.07. The van der Waals surface area contributed by atoms with Gasteiger partial charge in [-0.15, -0.1) is 0 Å². The number of nitrogens with zero attached hydrogens (tertiary/aromatic N) is 1. The van der Waals surface area contributed by atoms with Crippen molar-refractivity contribution in [3.63, 3.8) is 0 Å². The van der Waals surface area contributed by atoms with Crippen molar-refractivity contribution in [1.82, 2.24) is 0 Å². The Morgan fingerprint density at radius 2 is 2.27 bits per heavy atom. The molecule has 0 aliphatic carbocycles. The van der Waals surface area contributed by atoms with Crippen LogP contribution in [0.3, 0.4) is 0 Å². The number of fused-ring (bicyclic) bond motifs is 1. The van der Waals surface area contributed by atoms with E-state index in [1.807, 2.05) is 0 Å². The molecule has 0 aliphatic rings. The van der Waals surface area contributed by atoms with Crippen molar-refractivity contribution >= 4 is 11.0 Å². The fraction of sp³-hybridized carbons (Fsp3) is 0.125. The third kappa shape index (κ3) is 0.774. The second kappa shape index (κ2) is 1.99. The molecule has 0 aromatic carbocycles. The molecule has 0 radical (unpaired) electrons. The molecule has 0 saturated heterocycles. The van der Waals surface area contributed by atoms with Crippen molar-refractivity contribution < 1.29 is 9.15 Å². The summed E-state index contributed by atoms with van der Waals surface area (Å²) in [6.45, 7) is 1.77. The first-order valence-corrected chi connectivity index (χ1v) is 3.35. The lowest BCUT2D eigenvalue weighted by atomic mass is 10.2. The van der Waals surface area contributed by atoms with Crippen LogP contribution in [0.2, 0.25) is 0 Å². The molecule has 0 atom stereocenters. The highest BCUT2D eigenvalue weighted by molar-refractivity contribution is 5.77. The third-order valence-electron chi connectivity index (χ3n) is 1.78. The minimum Gasteiger partial charge on any atom is -0.618 e. The van der Waals surface area contributed by atoms with Gasteiger partial charge in [0.25, 0.3) is 0 Å². The van der Waals surface area contributed by atoms with E-state index in [9.17, 15) is 5.21 Å². The summed E-state index contributed by atoms with van der Waals surface area (Å²) in [5.74, 6) is 0. The predicted octanol–water partition coefficient (Wildman–Crippen LogP) is 1.37. The number of pyridine rings is 1. The molecule has 2 rings (SSSR count). The van der Waals surface area contributed by atoms with Gasteiger partial charge in [0.2, 0.25) is 5.69 Å². The van der Waals surface area contributed by atoms with Crippen LogP contribution in [-0.2, 0) is 0 Å². The van der Waals surface area contributed by atoms with Gasteiger partial charge in [-0.25, -0.2) is 0 Å². The molecular formula is C8H7NO2. The average molecular weight is 149 g/mol. The zero-order chi connectivity index (χ0) is 7.84. The summed E-state index contributed by atoms with van der Waals surface area (Å²) in [4.78, 5) is 0. The molecular weight excluding hydrogens is 142 g/mol. The number of furan rings is 1. The predicted molar refractivity (Wildman–Crippen MR) is 39.9 cm³/mol. The first-order chi connectivity index (χ1) is 5.29. The molecule has 0 bridgehead atoms. The van der Waals surface area contributed by atoms with Crippen molar-refractivity contribution in [3.8, 4) is 0 Å². The van der Waals surface area contributed by atoms with E-state index in [4.69, 9.17) is 4.42 Å². The van der Waals surface area contributed by atoms with E-state index < -0.39 is 0 Å². The highest BCUT2D eigenvalue weighted by atomic mass is 16.5. The van der Waals surface area contributed by atoms with Gasteiger partial charge in [-0.3, -0.25) is 0 Å². The Balaban J connectivity index is 2.93. The Morgan fingerprint density at radius 1 is 1.45 bits per heavy atom. The van der Waals surface area contributed by atoms with Crippen LogP contribution >= 0.6 is 0 Å². The Bertz CT molecular complexity index is 392. The summed E-state index contributed by atoms with van der Waals surface area (Å²) in [5.41, 5.74) is 1.44. The summed E-state index contributed by atoms with van der Waals surface area (Å²) in [6.07, 6.45) is 3.03. The normalized spacial score (nSPS) is 10.6. The van der Waals surface area contributed by atoms with Crippen LogP contribution in [0.15, 0.2) is 29.0 Å². The van der Waals surface area contributed by atoms with E-state index in [1.54, 1.807) is 25.3 Å². The smallest absolute Gasteiger partial charge is 0.200 e. The first-order valence-electron chi connectivity index (χ1n) is 3.35. The van der Waals surface area contributed by atoms with Crippen LogP contribution in [0.4, 0.5) is 0 Å². The molecule has 2 aromatic heterocycles. The van der Waals surface area contributed by atoms with E-state index in [1.165, 1.54) is 6.20 Å². The number of aryl methyl sites for hydroxylation is 1. The molecule has 2 heterocycles. The lowest BCUT2D eigenvalue weighted by Crippen LogP contribution is -2.28.